The third-order valence-electron chi connectivity index (χ3n) is 8.80. The number of rotatable bonds is 37. The topological polar surface area (TPSA) is 78.9 Å². The second-order valence-electron chi connectivity index (χ2n) is 14.0. The van der Waals surface area contributed by atoms with Crippen LogP contribution in [0.2, 0.25) is 0 Å². The molecule has 0 aromatic rings. The van der Waals surface area contributed by atoms with Gasteiger partial charge in [-0.3, -0.25) is 14.4 Å². The van der Waals surface area contributed by atoms with E-state index in [-0.39, 0.29) is 31.6 Å². The second kappa shape index (κ2) is 41.6. The Morgan fingerprint density at radius 2 is 0.849 bits per heavy atom. The third-order valence-corrected chi connectivity index (χ3v) is 8.80. The molecule has 53 heavy (non-hydrogen) atoms. The van der Waals surface area contributed by atoms with Gasteiger partial charge in [0.1, 0.15) is 13.2 Å². The van der Waals surface area contributed by atoms with Gasteiger partial charge in [-0.1, -0.05) is 184 Å². The van der Waals surface area contributed by atoms with E-state index in [1.54, 1.807) is 0 Å². The lowest BCUT2D eigenvalue weighted by molar-refractivity contribution is -0.166. The predicted molar refractivity (Wildman–Crippen MR) is 224 cm³/mol. The summed E-state index contributed by atoms with van der Waals surface area (Å²) in [7, 11) is 0. The molecule has 0 aliphatic heterocycles. The minimum Gasteiger partial charge on any atom is -0.462 e. The van der Waals surface area contributed by atoms with Gasteiger partial charge in [-0.2, -0.15) is 0 Å². The van der Waals surface area contributed by atoms with Crippen molar-refractivity contribution in [3.63, 3.8) is 0 Å². The molecule has 0 amide bonds. The van der Waals surface area contributed by atoms with Gasteiger partial charge in [-0.05, 0) is 57.8 Å². The molecule has 1 unspecified atom stereocenters. The number of esters is 3. The van der Waals surface area contributed by atoms with Gasteiger partial charge >= 0.3 is 17.9 Å². The summed E-state index contributed by atoms with van der Waals surface area (Å²) in [5.41, 5.74) is 0. The standard InChI is InChI=1S/C47H78O6/c1-4-7-10-13-16-19-21-23-25-28-31-34-37-40-46(49)52-43-44(42-51-45(48)39-36-33-30-27-18-15-12-9-6-3)53-47(50)41-38-35-32-29-26-24-22-20-17-14-11-8-5-2/h7,10,13,16,19,21,23-26,32,35,44H,4-6,8-9,11-12,14-15,17-18,20,22,27-31,33-34,36-43H2,1-3H3/b10-7-,16-13-,21-19-,25-23-,26-24-,35-32-. The zero-order valence-corrected chi connectivity index (χ0v) is 34.3. The highest BCUT2D eigenvalue weighted by atomic mass is 16.6. The summed E-state index contributed by atoms with van der Waals surface area (Å²) in [6.45, 7) is 6.35. The maximum Gasteiger partial charge on any atom is 0.306 e. The Hall–Kier alpha value is -3.15. The van der Waals surface area contributed by atoms with Crippen LogP contribution in [0, 0.1) is 0 Å². The number of unbranched alkanes of at least 4 members (excludes halogenated alkanes) is 17. The molecule has 0 aliphatic rings. The first kappa shape index (κ1) is 49.9. The van der Waals surface area contributed by atoms with E-state index in [0.717, 1.165) is 64.2 Å². The zero-order valence-electron chi connectivity index (χ0n) is 34.3. The van der Waals surface area contributed by atoms with Crippen LogP contribution in [0.25, 0.3) is 0 Å². The van der Waals surface area contributed by atoms with Crippen molar-refractivity contribution in [1.29, 1.82) is 0 Å². The lowest BCUT2D eigenvalue weighted by Crippen LogP contribution is -2.30. The highest BCUT2D eigenvalue weighted by molar-refractivity contribution is 5.71. The molecule has 0 rings (SSSR count). The smallest absolute Gasteiger partial charge is 0.306 e. The van der Waals surface area contributed by atoms with E-state index >= 15 is 0 Å². The Labute approximate surface area is 325 Å². The van der Waals surface area contributed by atoms with Crippen LogP contribution in [0.15, 0.2) is 72.9 Å². The van der Waals surface area contributed by atoms with Crippen molar-refractivity contribution in [3.8, 4) is 0 Å². The van der Waals surface area contributed by atoms with Crippen LogP contribution in [0.4, 0.5) is 0 Å². The quantitative estimate of drug-likeness (QED) is 0.0208. The molecule has 6 nitrogen and oxygen atoms in total. The molecule has 302 valence electrons. The predicted octanol–water partition coefficient (Wildman–Crippen LogP) is 13.5. The molecule has 0 heterocycles. The highest BCUT2D eigenvalue weighted by Gasteiger charge is 2.19. The van der Waals surface area contributed by atoms with Crippen LogP contribution >= 0.6 is 0 Å². The third kappa shape index (κ3) is 39.9. The first-order valence-electron chi connectivity index (χ1n) is 21.5. The Balaban J connectivity index is 4.53. The van der Waals surface area contributed by atoms with Crippen molar-refractivity contribution < 1.29 is 28.6 Å². The number of carbonyl (C=O) groups excluding carboxylic acids is 3. The van der Waals surface area contributed by atoms with Gasteiger partial charge in [0, 0.05) is 19.3 Å². The van der Waals surface area contributed by atoms with Crippen LogP contribution in [-0.2, 0) is 28.6 Å². The number of allylic oxidation sites excluding steroid dienone is 12. The molecule has 6 heteroatoms. The molecule has 0 fully saturated rings. The van der Waals surface area contributed by atoms with E-state index in [0.29, 0.717) is 19.3 Å². The van der Waals surface area contributed by atoms with Crippen molar-refractivity contribution in [1.82, 2.24) is 0 Å². The molecule has 1 atom stereocenters. The Kier molecular flexibility index (Phi) is 39.1. The molecule has 0 bridgehead atoms. The Morgan fingerprint density at radius 3 is 1.40 bits per heavy atom. The number of carbonyl (C=O) groups is 3. The molecule has 0 spiro atoms. The minimum absolute atomic E-state index is 0.111. The van der Waals surface area contributed by atoms with Crippen LogP contribution < -0.4 is 0 Å². The fourth-order valence-corrected chi connectivity index (χ4v) is 5.56. The lowest BCUT2D eigenvalue weighted by Gasteiger charge is -2.18. The first-order valence-corrected chi connectivity index (χ1v) is 21.5. The molecule has 0 saturated heterocycles. The maximum absolute atomic E-state index is 12.6. The summed E-state index contributed by atoms with van der Waals surface area (Å²) in [5, 5.41) is 0. The van der Waals surface area contributed by atoms with Gasteiger partial charge in [0.05, 0.1) is 0 Å². The number of hydrogen-bond acceptors (Lipinski definition) is 6. The maximum atomic E-state index is 12.6. The van der Waals surface area contributed by atoms with Gasteiger partial charge in [-0.15, -0.1) is 0 Å². The van der Waals surface area contributed by atoms with Crippen molar-refractivity contribution in [3.05, 3.63) is 72.9 Å². The van der Waals surface area contributed by atoms with E-state index in [9.17, 15) is 14.4 Å². The molecule has 0 aliphatic carbocycles. The summed E-state index contributed by atoms with van der Waals surface area (Å²) in [6, 6.07) is 0. The van der Waals surface area contributed by atoms with Crippen LogP contribution in [0.5, 0.6) is 0 Å². The van der Waals surface area contributed by atoms with Crippen molar-refractivity contribution >= 4 is 17.9 Å². The first-order chi connectivity index (χ1) is 26.0. The van der Waals surface area contributed by atoms with Crippen LogP contribution in [0.3, 0.4) is 0 Å². The number of hydrogen-bond donors (Lipinski definition) is 0. The second-order valence-corrected chi connectivity index (χ2v) is 14.0. The largest absolute Gasteiger partial charge is 0.462 e. The Bertz CT molecular complexity index is 1030. The summed E-state index contributed by atoms with van der Waals surface area (Å²) in [6.07, 6.45) is 50.4. The molecule has 0 aromatic heterocycles. The average Bonchev–Trinajstić information content (AvgIpc) is 3.15. The summed E-state index contributed by atoms with van der Waals surface area (Å²) >= 11 is 0. The number of ether oxygens (including phenoxy) is 3. The SMILES string of the molecule is CC\C=C/C=C\C=C/C=C\CCCCCC(=O)OCC(COC(=O)CCCCCCCCCCC)OC(=O)CC/C=C\C/C=C\CCCCCCCC. The minimum atomic E-state index is -0.817. The van der Waals surface area contributed by atoms with Gasteiger partial charge in [-0.25, -0.2) is 0 Å². The fraction of sp³-hybridized carbons (Fsp3) is 0.681. The lowest BCUT2D eigenvalue weighted by atomic mass is 10.1. The van der Waals surface area contributed by atoms with Crippen molar-refractivity contribution in [2.45, 2.75) is 194 Å². The molecular formula is C47H78O6. The summed E-state index contributed by atoms with van der Waals surface area (Å²) in [5.74, 6) is -1.03. The monoisotopic (exact) mass is 739 g/mol. The van der Waals surface area contributed by atoms with E-state index in [1.165, 1.54) is 77.0 Å². The van der Waals surface area contributed by atoms with E-state index in [1.807, 2.05) is 42.5 Å². The molecule has 0 aromatic carbocycles. The van der Waals surface area contributed by atoms with Gasteiger partial charge in [0.2, 0.25) is 0 Å². The van der Waals surface area contributed by atoms with Crippen molar-refractivity contribution in [2.24, 2.45) is 0 Å². The average molecular weight is 739 g/mol. The molecule has 0 N–H and O–H groups in total. The van der Waals surface area contributed by atoms with Gasteiger partial charge in [0.25, 0.3) is 0 Å². The van der Waals surface area contributed by atoms with E-state index < -0.39 is 12.1 Å². The Morgan fingerprint density at radius 1 is 0.415 bits per heavy atom. The van der Waals surface area contributed by atoms with Crippen molar-refractivity contribution in [2.75, 3.05) is 13.2 Å². The zero-order chi connectivity index (χ0) is 38.7. The van der Waals surface area contributed by atoms with E-state index in [2.05, 4.69) is 51.2 Å². The van der Waals surface area contributed by atoms with Crippen LogP contribution in [0.1, 0.15) is 188 Å². The van der Waals surface area contributed by atoms with Crippen LogP contribution in [-0.4, -0.2) is 37.2 Å². The highest BCUT2D eigenvalue weighted by Crippen LogP contribution is 2.12. The summed E-state index contributed by atoms with van der Waals surface area (Å²) in [4.78, 5) is 37.5. The molecule has 0 saturated carbocycles. The van der Waals surface area contributed by atoms with Gasteiger partial charge in [0.15, 0.2) is 6.10 Å². The normalized spacial score (nSPS) is 12.7. The fourth-order valence-electron chi connectivity index (χ4n) is 5.56. The molecule has 0 radical (unpaired) electrons. The molecular weight excluding hydrogens is 661 g/mol. The summed E-state index contributed by atoms with van der Waals surface area (Å²) < 4.78 is 16.5. The van der Waals surface area contributed by atoms with Gasteiger partial charge < -0.3 is 14.2 Å². The van der Waals surface area contributed by atoms with E-state index in [4.69, 9.17) is 14.2 Å².